The van der Waals surface area contributed by atoms with Gasteiger partial charge in [0.2, 0.25) is 0 Å². The van der Waals surface area contributed by atoms with Crippen LogP contribution in [-0.4, -0.2) is 20.7 Å². The summed E-state index contributed by atoms with van der Waals surface area (Å²) in [6.45, 7) is 0. The fraction of sp³-hybridized carbons (Fsp3) is 0. The van der Waals surface area contributed by atoms with Gasteiger partial charge in [0, 0.05) is 17.4 Å². The second-order valence-electron chi connectivity index (χ2n) is 5.94. The number of aromatic nitrogens is 3. The van der Waals surface area contributed by atoms with Gasteiger partial charge in [0.05, 0.1) is 10.2 Å². The Morgan fingerprint density at radius 2 is 1.79 bits per heavy atom. The third kappa shape index (κ3) is 3.57. The quantitative estimate of drug-likeness (QED) is 0.484. The molecule has 28 heavy (non-hydrogen) atoms. The van der Waals surface area contributed by atoms with Gasteiger partial charge in [-0.3, -0.25) is 4.79 Å². The number of hydrogen-bond acceptors (Lipinski definition) is 3. The van der Waals surface area contributed by atoms with Crippen molar-refractivity contribution in [1.29, 1.82) is 0 Å². The second-order valence-corrected chi connectivity index (χ2v) is 6.73. The summed E-state index contributed by atoms with van der Waals surface area (Å²) in [7, 11) is 0. The maximum absolute atomic E-state index is 13.4. The van der Waals surface area contributed by atoms with Gasteiger partial charge in [0.1, 0.15) is 5.82 Å². The van der Waals surface area contributed by atoms with Crippen molar-refractivity contribution in [3.63, 3.8) is 0 Å². The number of carbonyl (C=O) groups excluding carboxylic acids is 1. The number of benzene rings is 2. The average Bonchev–Trinajstić information content (AvgIpc) is 3.06. The Bertz CT molecular complexity index is 1130. The van der Waals surface area contributed by atoms with Gasteiger partial charge in [0.15, 0.2) is 11.5 Å². The largest absolute Gasteiger partial charge is 0.320 e. The van der Waals surface area contributed by atoms with Crippen LogP contribution in [0.2, 0.25) is 0 Å². The predicted molar refractivity (Wildman–Crippen MR) is 109 cm³/mol. The first-order valence-corrected chi connectivity index (χ1v) is 9.25. The minimum Gasteiger partial charge on any atom is -0.320 e. The van der Waals surface area contributed by atoms with Crippen molar-refractivity contribution < 1.29 is 9.18 Å². The Morgan fingerprint density at radius 3 is 2.50 bits per heavy atom. The summed E-state index contributed by atoms with van der Waals surface area (Å²) >= 11 is 3.52. The third-order valence-corrected chi connectivity index (χ3v) is 4.79. The molecule has 4 aromatic rings. The Morgan fingerprint density at radius 1 is 1.00 bits per heavy atom. The van der Waals surface area contributed by atoms with E-state index in [0.717, 1.165) is 5.56 Å². The number of anilines is 1. The highest BCUT2D eigenvalue weighted by atomic mass is 79.9. The molecule has 5 nitrogen and oxygen atoms in total. The lowest BCUT2D eigenvalue weighted by atomic mass is 10.1. The van der Waals surface area contributed by atoms with E-state index < -0.39 is 11.7 Å². The first kappa shape index (κ1) is 18.1. The highest BCUT2D eigenvalue weighted by molar-refractivity contribution is 9.10. The molecular formula is C21H14BrFN4O. The molecule has 2 aromatic heterocycles. The molecule has 2 aromatic carbocycles. The van der Waals surface area contributed by atoms with Crippen molar-refractivity contribution in [2.45, 2.75) is 0 Å². The number of hydrogen-bond donors (Lipinski definition) is 1. The maximum atomic E-state index is 13.4. The van der Waals surface area contributed by atoms with Gasteiger partial charge < -0.3 is 5.32 Å². The van der Waals surface area contributed by atoms with Gasteiger partial charge in [0.25, 0.3) is 5.91 Å². The van der Waals surface area contributed by atoms with E-state index in [4.69, 9.17) is 0 Å². The maximum Gasteiger partial charge on any atom is 0.277 e. The van der Waals surface area contributed by atoms with Crippen LogP contribution >= 0.6 is 15.9 Å². The molecule has 138 valence electrons. The van der Waals surface area contributed by atoms with E-state index in [1.54, 1.807) is 23.0 Å². The standard InChI is InChI=1S/C21H14BrFN4O/c22-18-19(21(28)25-16-10-6-9-15(23)13-16)26-27(17-11-4-5-12-24-17)20(18)14-7-2-1-3-8-14/h1-13H,(H,25,28). The number of rotatable bonds is 4. The van der Waals surface area contributed by atoms with Crippen LogP contribution in [0.5, 0.6) is 0 Å². The summed E-state index contributed by atoms with van der Waals surface area (Å²) in [6.07, 6.45) is 1.66. The van der Waals surface area contributed by atoms with Gasteiger partial charge in [-0.2, -0.15) is 5.10 Å². The minimum absolute atomic E-state index is 0.175. The smallest absolute Gasteiger partial charge is 0.277 e. The highest BCUT2D eigenvalue weighted by Gasteiger charge is 2.23. The Labute approximate surface area is 169 Å². The lowest BCUT2D eigenvalue weighted by Crippen LogP contribution is -2.14. The zero-order chi connectivity index (χ0) is 19.5. The van der Waals surface area contributed by atoms with Crippen molar-refractivity contribution >= 4 is 27.5 Å². The molecule has 0 saturated carbocycles. The summed E-state index contributed by atoms with van der Waals surface area (Å²) in [5.74, 6) is -0.308. The van der Waals surface area contributed by atoms with E-state index in [1.165, 1.54) is 18.2 Å². The zero-order valence-corrected chi connectivity index (χ0v) is 16.1. The molecule has 0 aliphatic rings. The molecule has 2 heterocycles. The molecule has 7 heteroatoms. The van der Waals surface area contributed by atoms with Gasteiger partial charge in [-0.05, 0) is 46.3 Å². The van der Waals surface area contributed by atoms with Crippen molar-refractivity contribution in [2.75, 3.05) is 5.32 Å². The van der Waals surface area contributed by atoms with Gasteiger partial charge >= 0.3 is 0 Å². The van der Waals surface area contributed by atoms with Crippen molar-refractivity contribution in [2.24, 2.45) is 0 Å². The zero-order valence-electron chi connectivity index (χ0n) is 14.5. The van der Waals surface area contributed by atoms with Crippen LogP contribution in [0.3, 0.4) is 0 Å². The molecule has 0 aliphatic carbocycles. The van der Waals surface area contributed by atoms with E-state index >= 15 is 0 Å². The van der Waals surface area contributed by atoms with E-state index in [0.29, 0.717) is 21.7 Å². The lowest BCUT2D eigenvalue weighted by molar-refractivity contribution is 0.102. The van der Waals surface area contributed by atoms with E-state index in [1.807, 2.05) is 42.5 Å². The highest BCUT2D eigenvalue weighted by Crippen LogP contribution is 2.33. The van der Waals surface area contributed by atoms with Crippen LogP contribution in [0.4, 0.5) is 10.1 Å². The Hall–Kier alpha value is -3.32. The van der Waals surface area contributed by atoms with Crippen LogP contribution in [0.1, 0.15) is 10.5 Å². The molecule has 1 amide bonds. The van der Waals surface area contributed by atoms with Crippen LogP contribution < -0.4 is 5.32 Å². The number of amides is 1. The lowest BCUT2D eigenvalue weighted by Gasteiger charge is -2.06. The van der Waals surface area contributed by atoms with E-state index in [-0.39, 0.29) is 5.69 Å². The average molecular weight is 437 g/mol. The monoisotopic (exact) mass is 436 g/mol. The van der Waals surface area contributed by atoms with Gasteiger partial charge in [-0.15, -0.1) is 0 Å². The van der Waals surface area contributed by atoms with E-state index in [9.17, 15) is 9.18 Å². The molecule has 0 atom stereocenters. The molecule has 0 bridgehead atoms. The van der Waals surface area contributed by atoms with Crippen LogP contribution in [0, 0.1) is 5.82 Å². The topological polar surface area (TPSA) is 59.8 Å². The van der Waals surface area contributed by atoms with Gasteiger partial charge in [-0.1, -0.05) is 42.5 Å². The fourth-order valence-electron chi connectivity index (χ4n) is 2.79. The number of halogens is 2. The molecule has 4 rings (SSSR count). The molecule has 0 saturated heterocycles. The van der Waals surface area contributed by atoms with Crippen LogP contribution in [0.25, 0.3) is 17.1 Å². The number of carbonyl (C=O) groups is 1. The molecule has 0 unspecified atom stereocenters. The predicted octanol–water partition coefficient (Wildman–Crippen LogP) is 5.09. The van der Waals surface area contributed by atoms with Crippen molar-refractivity contribution in [3.05, 3.63) is 95.0 Å². The Kier molecular flexibility index (Phi) is 4.99. The summed E-state index contributed by atoms with van der Waals surface area (Å²) in [6, 6.07) is 20.7. The molecular weight excluding hydrogens is 423 g/mol. The molecule has 0 fully saturated rings. The number of nitrogens with zero attached hydrogens (tertiary/aromatic N) is 3. The van der Waals surface area contributed by atoms with Gasteiger partial charge in [-0.25, -0.2) is 14.1 Å². The number of nitrogens with one attached hydrogen (secondary N) is 1. The fourth-order valence-corrected chi connectivity index (χ4v) is 3.45. The van der Waals surface area contributed by atoms with Crippen LogP contribution in [-0.2, 0) is 0 Å². The summed E-state index contributed by atoms with van der Waals surface area (Å²) in [5.41, 5.74) is 2.10. The van der Waals surface area contributed by atoms with Crippen LogP contribution in [0.15, 0.2) is 83.5 Å². The second kappa shape index (κ2) is 7.74. The minimum atomic E-state index is -0.454. The molecule has 0 aliphatic heterocycles. The summed E-state index contributed by atoms with van der Waals surface area (Å²) in [4.78, 5) is 17.2. The molecule has 0 spiro atoms. The summed E-state index contributed by atoms with van der Waals surface area (Å²) < 4.78 is 15.6. The normalized spacial score (nSPS) is 10.6. The first-order chi connectivity index (χ1) is 13.6. The molecule has 1 N–H and O–H groups in total. The number of pyridine rings is 1. The first-order valence-electron chi connectivity index (χ1n) is 8.46. The van der Waals surface area contributed by atoms with E-state index in [2.05, 4.69) is 31.3 Å². The molecule has 0 radical (unpaired) electrons. The SMILES string of the molecule is O=C(Nc1cccc(F)c1)c1nn(-c2ccccn2)c(-c2ccccc2)c1Br. The third-order valence-electron chi connectivity index (χ3n) is 4.04. The Balaban J connectivity index is 1.80. The van der Waals surface area contributed by atoms with Crippen molar-refractivity contribution in [1.82, 2.24) is 14.8 Å². The van der Waals surface area contributed by atoms with Crippen molar-refractivity contribution in [3.8, 4) is 17.1 Å². The summed E-state index contributed by atoms with van der Waals surface area (Å²) in [5, 5.41) is 7.15.